The molecule has 4 heteroatoms. The normalized spacial score (nSPS) is 19.0. The zero-order valence-corrected chi connectivity index (χ0v) is 11.7. The molecule has 1 aliphatic heterocycles. The summed E-state index contributed by atoms with van der Waals surface area (Å²) < 4.78 is 25.3. The van der Waals surface area contributed by atoms with Crippen LogP contribution in [-0.2, 0) is 0 Å². The number of halogens is 3. The molecule has 18 heavy (non-hydrogen) atoms. The smallest absolute Gasteiger partial charge is 0.239 e. The fourth-order valence-electron chi connectivity index (χ4n) is 2.13. The first kappa shape index (κ1) is 13.7. The fourth-order valence-corrected chi connectivity index (χ4v) is 2.39. The zero-order chi connectivity index (χ0) is 13.0. The van der Waals surface area contributed by atoms with E-state index < -0.39 is 6.43 Å². The lowest BCUT2D eigenvalue weighted by molar-refractivity contribution is 0.122. The summed E-state index contributed by atoms with van der Waals surface area (Å²) >= 11 is 3.40. The Hall–Kier alpha value is -0.740. The molecule has 1 saturated heterocycles. The monoisotopic (exact) mass is 315 g/mol. The molecule has 1 fully saturated rings. The van der Waals surface area contributed by atoms with Crippen molar-refractivity contribution in [1.82, 2.24) is 4.90 Å². The van der Waals surface area contributed by atoms with Gasteiger partial charge < -0.3 is 0 Å². The highest BCUT2D eigenvalue weighted by atomic mass is 79.9. The molecular formula is C14H16BrF2N. The molecule has 0 radical (unpaired) electrons. The van der Waals surface area contributed by atoms with Crippen molar-refractivity contribution in [2.24, 2.45) is 0 Å². The van der Waals surface area contributed by atoms with E-state index in [2.05, 4.69) is 39.0 Å². The first-order chi connectivity index (χ1) is 8.63. The summed E-state index contributed by atoms with van der Waals surface area (Å²) in [6.07, 6.45) is 0.934. The van der Waals surface area contributed by atoms with Crippen LogP contribution in [0.2, 0.25) is 0 Å². The highest BCUT2D eigenvalue weighted by molar-refractivity contribution is 9.10. The Balaban J connectivity index is 1.90. The van der Waals surface area contributed by atoms with E-state index in [1.54, 1.807) is 0 Å². The molecule has 1 heterocycles. The summed E-state index contributed by atoms with van der Waals surface area (Å²) in [4.78, 5) is 2.09. The Morgan fingerprint density at radius 1 is 1.28 bits per heavy atom. The molecule has 0 aliphatic carbocycles. The standard InChI is InChI=1S/C14H16BrF2N/c15-13-3-1-11(2-4-13)9-12-5-7-18(10-12)8-6-14(16)17/h1-4,9,14H,5-8,10H2/b12-9+. The van der Waals surface area contributed by atoms with Gasteiger partial charge in [-0.15, -0.1) is 0 Å². The van der Waals surface area contributed by atoms with Crippen LogP contribution in [0.3, 0.4) is 0 Å². The number of alkyl halides is 2. The second-order valence-corrected chi connectivity index (χ2v) is 5.48. The van der Waals surface area contributed by atoms with Crippen molar-refractivity contribution in [3.63, 3.8) is 0 Å². The minimum atomic E-state index is -2.19. The molecule has 0 spiro atoms. The zero-order valence-electron chi connectivity index (χ0n) is 10.1. The van der Waals surface area contributed by atoms with E-state index >= 15 is 0 Å². The number of hydrogen-bond donors (Lipinski definition) is 0. The molecule has 0 N–H and O–H groups in total. The molecule has 2 rings (SSSR count). The average molecular weight is 316 g/mol. The van der Waals surface area contributed by atoms with Crippen molar-refractivity contribution in [3.8, 4) is 0 Å². The van der Waals surface area contributed by atoms with Crippen LogP contribution >= 0.6 is 15.9 Å². The van der Waals surface area contributed by atoms with E-state index in [1.165, 1.54) is 11.1 Å². The number of rotatable bonds is 4. The third kappa shape index (κ3) is 4.18. The summed E-state index contributed by atoms with van der Waals surface area (Å²) in [6, 6.07) is 8.13. The van der Waals surface area contributed by atoms with E-state index in [0.717, 1.165) is 24.0 Å². The van der Waals surface area contributed by atoms with Crippen molar-refractivity contribution >= 4 is 22.0 Å². The SMILES string of the molecule is FC(F)CCN1CC/C(=C\c2ccc(Br)cc2)C1. The maximum absolute atomic E-state index is 12.1. The van der Waals surface area contributed by atoms with E-state index in [4.69, 9.17) is 0 Å². The molecule has 1 aromatic carbocycles. The molecule has 1 aromatic rings. The molecule has 0 atom stereocenters. The van der Waals surface area contributed by atoms with Crippen LogP contribution in [0.25, 0.3) is 6.08 Å². The van der Waals surface area contributed by atoms with Crippen molar-refractivity contribution in [3.05, 3.63) is 39.9 Å². The second-order valence-electron chi connectivity index (χ2n) is 4.56. The minimum absolute atomic E-state index is 0.0223. The number of benzene rings is 1. The lowest BCUT2D eigenvalue weighted by atomic mass is 10.1. The molecule has 98 valence electrons. The van der Waals surface area contributed by atoms with Gasteiger partial charge in [-0.1, -0.05) is 39.7 Å². The van der Waals surface area contributed by atoms with Crippen LogP contribution in [0.4, 0.5) is 8.78 Å². The average Bonchev–Trinajstić information content (AvgIpc) is 2.77. The Labute approximate surface area is 115 Å². The highest BCUT2D eigenvalue weighted by Crippen LogP contribution is 2.20. The van der Waals surface area contributed by atoms with Gasteiger partial charge >= 0.3 is 0 Å². The predicted molar refractivity (Wildman–Crippen MR) is 73.8 cm³/mol. The summed E-state index contributed by atoms with van der Waals surface area (Å²) in [5.74, 6) is 0. The van der Waals surface area contributed by atoms with E-state index in [9.17, 15) is 8.78 Å². The van der Waals surface area contributed by atoms with Crippen LogP contribution in [0.5, 0.6) is 0 Å². The van der Waals surface area contributed by atoms with Crippen molar-refractivity contribution in [2.45, 2.75) is 19.3 Å². The molecule has 0 amide bonds. The summed E-state index contributed by atoms with van der Waals surface area (Å²) in [6.45, 7) is 2.22. The van der Waals surface area contributed by atoms with Crippen molar-refractivity contribution < 1.29 is 8.78 Å². The van der Waals surface area contributed by atoms with Gasteiger partial charge in [0, 0.05) is 30.5 Å². The van der Waals surface area contributed by atoms with Gasteiger partial charge in [-0.2, -0.15) is 0 Å². The fraction of sp³-hybridized carbons (Fsp3) is 0.429. The van der Waals surface area contributed by atoms with E-state index in [1.807, 2.05) is 12.1 Å². The van der Waals surface area contributed by atoms with Crippen LogP contribution in [0.1, 0.15) is 18.4 Å². The lowest BCUT2D eigenvalue weighted by Crippen LogP contribution is -2.22. The topological polar surface area (TPSA) is 3.24 Å². The second kappa shape index (κ2) is 6.43. The molecule has 1 nitrogen and oxygen atoms in total. The highest BCUT2D eigenvalue weighted by Gasteiger charge is 2.17. The number of likely N-dealkylation sites (tertiary alicyclic amines) is 1. The lowest BCUT2D eigenvalue weighted by Gasteiger charge is -2.13. The van der Waals surface area contributed by atoms with Gasteiger partial charge in [0.25, 0.3) is 0 Å². The van der Waals surface area contributed by atoms with Gasteiger partial charge in [0.1, 0.15) is 0 Å². The molecule has 0 saturated carbocycles. The third-order valence-electron chi connectivity index (χ3n) is 3.08. The first-order valence-electron chi connectivity index (χ1n) is 6.09. The van der Waals surface area contributed by atoms with E-state index in [-0.39, 0.29) is 6.42 Å². The van der Waals surface area contributed by atoms with Gasteiger partial charge in [-0.3, -0.25) is 4.90 Å². The Morgan fingerprint density at radius 3 is 2.67 bits per heavy atom. The van der Waals surface area contributed by atoms with Crippen molar-refractivity contribution in [1.29, 1.82) is 0 Å². The van der Waals surface area contributed by atoms with Gasteiger partial charge in [0.15, 0.2) is 0 Å². The minimum Gasteiger partial charge on any atom is -0.299 e. The largest absolute Gasteiger partial charge is 0.299 e. The number of nitrogens with zero attached hydrogens (tertiary/aromatic N) is 1. The molecule has 0 aromatic heterocycles. The number of hydrogen-bond acceptors (Lipinski definition) is 1. The van der Waals surface area contributed by atoms with Crippen LogP contribution in [0.15, 0.2) is 34.3 Å². The van der Waals surface area contributed by atoms with Gasteiger partial charge in [0.2, 0.25) is 6.43 Å². The van der Waals surface area contributed by atoms with Gasteiger partial charge in [0.05, 0.1) is 0 Å². The van der Waals surface area contributed by atoms with E-state index in [0.29, 0.717) is 6.54 Å². The van der Waals surface area contributed by atoms with Gasteiger partial charge in [-0.25, -0.2) is 8.78 Å². The first-order valence-corrected chi connectivity index (χ1v) is 6.88. The maximum atomic E-state index is 12.1. The van der Waals surface area contributed by atoms with Crippen molar-refractivity contribution in [2.75, 3.05) is 19.6 Å². The summed E-state index contributed by atoms with van der Waals surface area (Å²) in [7, 11) is 0. The van der Waals surface area contributed by atoms with Crippen LogP contribution in [-0.4, -0.2) is 31.0 Å². The molecule has 0 unspecified atom stereocenters. The molecule has 0 bridgehead atoms. The Morgan fingerprint density at radius 2 is 2.00 bits per heavy atom. The molecule has 1 aliphatic rings. The Kier molecular flexibility index (Phi) is 4.89. The summed E-state index contributed by atoms with van der Waals surface area (Å²) in [5, 5.41) is 0. The van der Waals surface area contributed by atoms with Gasteiger partial charge in [-0.05, 0) is 24.1 Å². The quantitative estimate of drug-likeness (QED) is 0.805. The van der Waals surface area contributed by atoms with Crippen LogP contribution in [0, 0.1) is 0 Å². The third-order valence-corrected chi connectivity index (χ3v) is 3.61. The Bertz CT molecular complexity index is 414. The molecular weight excluding hydrogens is 300 g/mol. The predicted octanol–water partition coefficient (Wildman–Crippen LogP) is 4.19. The summed E-state index contributed by atoms with van der Waals surface area (Å²) in [5.41, 5.74) is 2.50. The van der Waals surface area contributed by atoms with Crippen LogP contribution < -0.4 is 0 Å². The maximum Gasteiger partial charge on any atom is 0.239 e.